The molecule has 1 saturated heterocycles. The quantitative estimate of drug-likeness (QED) is 0.826. The summed E-state index contributed by atoms with van der Waals surface area (Å²) in [6, 6.07) is 2.55. The molecule has 17 heavy (non-hydrogen) atoms. The predicted octanol–water partition coefficient (Wildman–Crippen LogP) is 2.76. The van der Waals surface area contributed by atoms with E-state index in [1.807, 2.05) is 12.3 Å². The third kappa shape index (κ3) is 4.17. The molecule has 0 amide bonds. The maximum absolute atomic E-state index is 5.81. The predicted molar refractivity (Wildman–Crippen MR) is 68.1 cm³/mol. The van der Waals surface area contributed by atoms with E-state index >= 15 is 0 Å². The van der Waals surface area contributed by atoms with Crippen LogP contribution in [0.2, 0.25) is 0 Å². The number of likely N-dealkylation sites (N-methyl/N-ethyl adjacent to an activating group) is 1. The van der Waals surface area contributed by atoms with E-state index in [4.69, 9.17) is 9.15 Å². The third-order valence-corrected chi connectivity index (χ3v) is 3.38. The van der Waals surface area contributed by atoms with Crippen LogP contribution in [0.25, 0.3) is 0 Å². The van der Waals surface area contributed by atoms with Crippen LogP contribution in [0.15, 0.2) is 23.0 Å². The average Bonchev–Trinajstić information content (AvgIpc) is 2.83. The molecule has 0 aliphatic carbocycles. The second-order valence-electron chi connectivity index (χ2n) is 4.81. The number of hydrogen-bond acceptors (Lipinski definition) is 3. The highest BCUT2D eigenvalue weighted by molar-refractivity contribution is 5.07. The Morgan fingerprint density at radius 2 is 2.41 bits per heavy atom. The van der Waals surface area contributed by atoms with Crippen molar-refractivity contribution in [3.8, 4) is 0 Å². The summed E-state index contributed by atoms with van der Waals surface area (Å²) < 4.78 is 10.9. The minimum Gasteiger partial charge on any atom is -0.472 e. The Hall–Kier alpha value is -0.800. The Bertz CT molecular complexity index is 291. The van der Waals surface area contributed by atoms with Gasteiger partial charge in [-0.3, -0.25) is 0 Å². The van der Waals surface area contributed by atoms with Crippen molar-refractivity contribution in [1.82, 2.24) is 5.32 Å². The maximum Gasteiger partial charge on any atom is 0.0935 e. The molecule has 0 aromatic carbocycles. The van der Waals surface area contributed by atoms with E-state index in [1.54, 1.807) is 6.26 Å². The number of hydrogen-bond donors (Lipinski definition) is 1. The van der Waals surface area contributed by atoms with Gasteiger partial charge in [0.05, 0.1) is 18.6 Å². The van der Waals surface area contributed by atoms with Gasteiger partial charge in [-0.15, -0.1) is 0 Å². The van der Waals surface area contributed by atoms with Crippen molar-refractivity contribution in [2.45, 2.75) is 51.2 Å². The molecule has 1 aromatic heterocycles. The van der Waals surface area contributed by atoms with Crippen molar-refractivity contribution in [3.63, 3.8) is 0 Å². The molecule has 0 saturated carbocycles. The molecule has 2 atom stereocenters. The van der Waals surface area contributed by atoms with Gasteiger partial charge in [0, 0.05) is 12.6 Å². The van der Waals surface area contributed by atoms with Crippen LogP contribution in [0.3, 0.4) is 0 Å². The molecule has 2 heterocycles. The molecule has 0 bridgehead atoms. The third-order valence-electron chi connectivity index (χ3n) is 3.38. The van der Waals surface area contributed by atoms with Gasteiger partial charge >= 0.3 is 0 Å². The van der Waals surface area contributed by atoms with E-state index in [0.29, 0.717) is 12.1 Å². The molecule has 1 aliphatic heterocycles. The Morgan fingerprint density at radius 3 is 3.06 bits per heavy atom. The van der Waals surface area contributed by atoms with Gasteiger partial charge in [0.1, 0.15) is 0 Å². The highest BCUT2D eigenvalue weighted by Gasteiger charge is 2.19. The van der Waals surface area contributed by atoms with E-state index in [2.05, 4.69) is 12.2 Å². The fraction of sp³-hybridized carbons (Fsp3) is 0.714. The summed E-state index contributed by atoms with van der Waals surface area (Å²) in [4.78, 5) is 0. The van der Waals surface area contributed by atoms with Crippen LogP contribution in [-0.2, 0) is 11.2 Å². The lowest BCUT2D eigenvalue weighted by Gasteiger charge is -2.27. The van der Waals surface area contributed by atoms with Gasteiger partial charge in [0.15, 0.2) is 0 Å². The molecular weight excluding hydrogens is 214 g/mol. The van der Waals surface area contributed by atoms with E-state index < -0.39 is 0 Å². The first-order chi connectivity index (χ1) is 8.38. The Balaban J connectivity index is 1.83. The van der Waals surface area contributed by atoms with Gasteiger partial charge in [-0.25, -0.2) is 0 Å². The van der Waals surface area contributed by atoms with Crippen molar-refractivity contribution < 1.29 is 9.15 Å². The molecule has 3 heteroatoms. The van der Waals surface area contributed by atoms with Crippen LogP contribution in [0.1, 0.15) is 38.2 Å². The van der Waals surface area contributed by atoms with Crippen LogP contribution >= 0.6 is 0 Å². The Morgan fingerprint density at radius 1 is 1.47 bits per heavy atom. The van der Waals surface area contributed by atoms with Crippen LogP contribution in [0.5, 0.6) is 0 Å². The van der Waals surface area contributed by atoms with Gasteiger partial charge in [-0.2, -0.15) is 0 Å². The molecule has 0 spiro atoms. The summed E-state index contributed by atoms with van der Waals surface area (Å²) in [5.74, 6) is 0. The van der Waals surface area contributed by atoms with Crippen LogP contribution in [0.4, 0.5) is 0 Å². The number of ether oxygens (including phenoxy) is 1. The Kier molecular flexibility index (Phi) is 5.08. The molecular formula is C14H23NO2. The normalized spacial score (nSPS) is 22.5. The van der Waals surface area contributed by atoms with E-state index in [9.17, 15) is 0 Å². The van der Waals surface area contributed by atoms with Crippen LogP contribution in [0, 0.1) is 0 Å². The molecule has 96 valence electrons. The standard InChI is InChI=1S/C14H23NO2/c1-2-15-13(9-12-6-8-16-11-12)10-14-5-3-4-7-17-14/h6,8,11,13-15H,2-5,7,9-10H2,1H3. The lowest BCUT2D eigenvalue weighted by Crippen LogP contribution is -2.36. The second-order valence-corrected chi connectivity index (χ2v) is 4.81. The van der Waals surface area contributed by atoms with Gasteiger partial charge in [0.2, 0.25) is 0 Å². The van der Waals surface area contributed by atoms with Gasteiger partial charge in [-0.1, -0.05) is 6.92 Å². The molecule has 2 rings (SSSR count). The molecule has 3 nitrogen and oxygen atoms in total. The fourth-order valence-corrected chi connectivity index (χ4v) is 2.53. The first-order valence-electron chi connectivity index (χ1n) is 6.74. The van der Waals surface area contributed by atoms with Gasteiger partial charge in [0.25, 0.3) is 0 Å². The zero-order chi connectivity index (χ0) is 11.9. The average molecular weight is 237 g/mol. The maximum atomic E-state index is 5.81. The van der Waals surface area contributed by atoms with Crippen molar-refractivity contribution in [1.29, 1.82) is 0 Å². The minimum atomic E-state index is 0.444. The summed E-state index contributed by atoms with van der Waals surface area (Å²) in [6.45, 7) is 4.11. The lowest BCUT2D eigenvalue weighted by atomic mass is 9.98. The topological polar surface area (TPSA) is 34.4 Å². The molecule has 1 aliphatic rings. The number of rotatable bonds is 6. The zero-order valence-electron chi connectivity index (χ0n) is 10.7. The molecule has 2 unspecified atom stereocenters. The van der Waals surface area contributed by atoms with Crippen molar-refractivity contribution in [2.24, 2.45) is 0 Å². The molecule has 1 fully saturated rings. The lowest BCUT2D eigenvalue weighted by molar-refractivity contribution is 0.00534. The van der Waals surface area contributed by atoms with Crippen LogP contribution < -0.4 is 5.32 Å². The highest BCUT2D eigenvalue weighted by atomic mass is 16.5. The summed E-state index contributed by atoms with van der Waals surface area (Å²) >= 11 is 0. The minimum absolute atomic E-state index is 0.444. The zero-order valence-corrected chi connectivity index (χ0v) is 10.7. The van der Waals surface area contributed by atoms with E-state index in [0.717, 1.165) is 26.0 Å². The summed E-state index contributed by atoms with van der Waals surface area (Å²) in [5, 5.41) is 3.55. The monoisotopic (exact) mass is 237 g/mol. The number of furan rings is 1. The van der Waals surface area contributed by atoms with Crippen molar-refractivity contribution in [2.75, 3.05) is 13.2 Å². The summed E-state index contributed by atoms with van der Waals surface area (Å²) in [5.41, 5.74) is 1.27. The number of nitrogens with one attached hydrogen (secondary N) is 1. The molecule has 0 radical (unpaired) electrons. The first kappa shape index (κ1) is 12.7. The van der Waals surface area contributed by atoms with E-state index in [-0.39, 0.29) is 0 Å². The van der Waals surface area contributed by atoms with Gasteiger partial charge in [-0.05, 0) is 50.3 Å². The summed E-state index contributed by atoms with van der Waals surface area (Å²) in [6.07, 6.45) is 9.93. The highest BCUT2D eigenvalue weighted by Crippen LogP contribution is 2.18. The molecule has 1 aromatic rings. The van der Waals surface area contributed by atoms with Gasteiger partial charge < -0.3 is 14.5 Å². The van der Waals surface area contributed by atoms with Crippen molar-refractivity contribution >= 4 is 0 Å². The first-order valence-corrected chi connectivity index (χ1v) is 6.74. The second kappa shape index (κ2) is 6.82. The fourth-order valence-electron chi connectivity index (χ4n) is 2.53. The van der Waals surface area contributed by atoms with E-state index in [1.165, 1.54) is 24.8 Å². The summed E-state index contributed by atoms with van der Waals surface area (Å²) in [7, 11) is 0. The van der Waals surface area contributed by atoms with Crippen LogP contribution in [-0.4, -0.2) is 25.3 Å². The smallest absolute Gasteiger partial charge is 0.0935 e. The Labute approximate surface area is 104 Å². The van der Waals surface area contributed by atoms with Crippen molar-refractivity contribution in [3.05, 3.63) is 24.2 Å². The SMILES string of the molecule is CCNC(Cc1ccoc1)CC1CCCCO1. The largest absolute Gasteiger partial charge is 0.472 e. The molecule has 1 N–H and O–H groups in total.